The highest BCUT2D eigenvalue weighted by atomic mass is 16.5. The zero-order valence-corrected chi connectivity index (χ0v) is 22.8. The number of likely N-dealkylation sites (tertiary alicyclic amines) is 1. The highest BCUT2D eigenvalue weighted by Gasteiger charge is 2.27. The lowest BCUT2D eigenvalue weighted by atomic mass is 9.93. The first-order valence-electron chi connectivity index (χ1n) is 14.7. The van der Waals surface area contributed by atoms with Crippen LogP contribution in [0.15, 0.2) is 30.3 Å². The molecule has 0 unspecified atom stereocenters. The first kappa shape index (κ1) is 26.7. The molecule has 2 heterocycles. The Bertz CT molecular complexity index is 1080. The molecular formula is C30H43N5O3. The van der Waals surface area contributed by atoms with Crippen molar-refractivity contribution in [2.45, 2.75) is 95.2 Å². The summed E-state index contributed by atoms with van der Waals surface area (Å²) in [5, 5.41) is 11.2. The third kappa shape index (κ3) is 6.57. The number of nitrogens with one attached hydrogen (secondary N) is 2. The summed E-state index contributed by atoms with van der Waals surface area (Å²) in [6.45, 7) is 3.09. The van der Waals surface area contributed by atoms with Gasteiger partial charge < -0.3 is 20.3 Å². The average molecular weight is 522 g/mol. The van der Waals surface area contributed by atoms with Crippen LogP contribution in [0.1, 0.15) is 93.6 Å². The predicted octanol–water partition coefficient (Wildman–Crippen LogP) is 4.71. The van der Waals surface area contributed by atoms with Crippen molar-refractivity contribution < 1.29 is 14.3 Å². The Morgan fingerprint density at radius 2 is 1.79 bits per heavy atom. The smallest absolute Gasteiger partial charge is 0.272 e. The molecule has 0 radical (unpaired) electrons. The minimum atomic E-state index is -0.226. The molecule has 206 valence electrons. The second-order valence-corrected chi connectivity index (χ2v) is 11.3. The monoisotopic (exact) mass is 521 g/mol. The molecule has 2 N–H and O–H groups in total. The largest absolute Gasteiger partial charge is 0.496 e. The number of piperidine rings is 1. The molecule has 3 aliphatic rings. The number of hydrogen-bond donors (Lipinski definition) is 2. The Kier molecular flexibility index (Phi) is 8.99. The lowest BCUT2D eigenvalue weighted by molar-refractivity contribution is -0.122. The van der Waals surface area contributed by atoms with Crippen molar-refractivity contribution in [1.29, 1.82) is 0 Å². The molecule has 1 saturated heterocycles. The van der Waals surface area contributed by atoms with Crippen LogP contribution in [-0.2, 0) is 4.79 Å². The first-order valence-corrected chi connectivity index (χ1v) is 14.7. The van der Waals surface area contributed by atoms with Crippen molar-refractivity contribution in [3.63, 3.8) is 0 Å². The summed E-state index contributed by atoms with van der Waals surface area (Å²) in [5.74, 6) is 0.591. The van der Waals surface area contributed by atoms with Crippen LogP contribution in [0.5, 0.6) is 5.75 Å². The second kappa shape index (κ2) is 12.8. The number of rotatable bonds is 11. The fraction of sp³-hybridized carbons (Fsp3) is 0.633. The summed E-state index contributed by atoms with van der Waals surface area (Å²) < 4.78 is 7.67. The number of hydrogen-bond acceptors (Lipinski definition) is 5. The molecule has 1 atom stereocenters. The fourth-order valence-electron chi connectivity index (χ4n) is 6.06. The maximum Gasteiger partial charge on any atom is 0.272 e. The third-order valence-electron chi connectivity index (χ3n) is 8.50. The average Bonchev–Trinajstić information content (AvgIpc) is 3.60. The van der Waals surface area contributed by atoms with E-state index in [1.807, 2.05) is 35.0 Å². The molecule has 8 nitrogen and oxygen atoms in total. The summed E-state index contributed by atoms with van der Waals surface area (Å²) in [6.07, 6.45) is 12.6. The van der Waals surface area contributed by atoms with Gasteiger partial charge in [-0.1, -0.05) is 31.4 Å². The van der Waals surface area contributed by atoms with E-state index in [2.05, 4.69) is 15.5 Å². The number of amides is 2. The number of aromatic nitrogens is 2. The van der Waals surface area contributed by atoms with E-state index in [1.165, 1.54) is 38.5 Å². The number of carbonyl (C=O) groups excluding carboxylic acids is 2. The van der Waals surface area contributed by atoms with E-state index in [1.54, 1.807) is 7.11 Å². The van der Waals surface area contributed by atoms with E-state index in [9.17, 15) is 9.59 Å². The van der Waals surface area contributed by atoms with Crippen molar-refractivity contribution in [1.82, 2.24) is 25.3 Å². The molecule has 5 rings (SSSR count). The summed E-state index contributed by atoms with van der Waals surface area (Å²) in [4.78, 5) is 28.8. The molecule has 1 aromatic heterocycles. The summed E-state index contributed by atoms with van der Waals surface area (Å²) in [5.41, 5.74) is 2.25. The number of benzene rings is 1. The molecule has 3 fully saturated rings. The van der Waals surface area contributed by atoms with Crippen LogP contribution in [0.3, 0.4) is 0 Å². The molecule has 38 heavy (non-hydrogen) atoms. The number of methoxy groups -OCH3 is 1. The summed E-state index contributed by atoms with van der Waals surface area (Å²) >= 11 is 0. The maximum absolute atomic E-state index is 13.6. The Labute approximate surface area is 226 Å². The number of carbonyl (C=O) groups is 2. The van der Waals surface area contributed by atoms with E-state index in [4.69, 9.17) is 9.84 Å². The number of ether oxygens (including phenoxy) is 1. The van der Waals surface area contributed by atoms with E-state index in [-0.39, 0.29) is 23.9 Å². The topological polar surface area (TPSA) is 88.5 Å². The standard InChI is InChI=1S/C30H43N5O3/c1-38-28-15-6-5-14-25(28)27-21-26(33-35(27)24-12-3-4-13-24)30(37)32-23(16-19-34-17-7-2-8-18-34)20-29(36)31-22-10-9-11-22/h5-6,14-15,21-24H,2-4,7-13,16-20H2,1H3,(H,31,36)(H,32,37)/t23-/m0/s1. The molecule has 2 amide bonds. The number of para-hydroxylation sites is 1. The van der Waals surface area contributed by atoms with Gasteiger partial charge in [-0.15, -0.1) is 0 Å². The molecule has 1 aromatic carbocycles. The van der Waals surface area contributed by atoms with Crippen molar-refractivity contribution in [3.8, 4) is 17.0 Å². The van der Waals surface area contributed by atoms with Gasteiger partial charge >= 0.3 is 0 Å². The Hall–Kier alpha value is -2.87. The lowest BCUT2D eigenvalue weighted by Gasteiger charge is -2.29. The van der Waals surface area contributed by atoms with Gasteiger partial charge in [-0.05, 0) is 82.7 Å². The molecule has 1 aliphatic heterocycles. The first-order chi connectivity index (χ1) is 18.6. The van der Waals surface area contributed by atoms with Crippen molar-refractivity contribution in [2.24, 2.45) is 0 Å². The zero-order valence-electron chi connectivity index (χ0n) is 22.8. The third-order valence-corrected chi connectivity index (χ3v) is 8.50. The van der Waals surface area contributed by atoms with Crippen LogP contribution in [0, 0.1) is 0 Å². The van der Waals surface area contributed by atoms with Crippen LogP contribution in [0.25, 0.3) is 11.3 Å². The highest BCUT2D eigenvalue weighted by Crippen LogP contribution is 2.37. The van der Waals surface area contributed by atoms with Crippen molar-refractivity contribution >= 4 is 11.8 Å². The minimum absolute atomic E-state index is 0.0323. The molecule has 2 aromatic rings. The van der Waals surface area contributed by atoms with Crippen LogP contribution in [-0.4, -0.2) is 65.3 Å². The van der Waals surface area contributed by atoms with E-state index in [0.717, 1.165) is 68.7 Å². The zero-order chi connectivity index (χ0) is 26.3. The molecule has 2 saturated carbocycles. The van der Waals surface area contributed by atoms with E-state index in [0.29, 0.717) is 18.2 Å². The normalized spacial score (nSPS) is 19.6. The summed E-state index contributed by atoms with van der Waals surface area (Å²) in [6, 6.07) is 10.1. The van der Waals surface area contributed by atoms with Gasteiger partial charge in [0.25, 0.3) is 5.91 Å². The van der Waals surface area contributed by atoms with Crippen LogP contribution >= 0.6 is 0 Å². The van der Waals surface area contributed by atoms with Gasteiger partial charge in [0, 0.05) is 30.6 Å². The molecule has 8 heteroatoms. The van der Waals surface area contributed by atoms with Gasteiger partial charge in [-0.3, -0.25) is 14.3 Å². The Balaban J connectivity index is 1.33. The highest BCUT2D eigenvalue weighted by molar-refractivity contribution is 5.94. The van der Waals surface area contributed by atoms with Crippen LogP contribution in [0.2, 0.25) is 0 Å². The fourth-order valence-corrected chi connectivity index (χ4v) is 6.06. The molecule has 2 aliphatic carbocycles. The number of nitrogens with zero attached hydrogens (tertiary/aromatic N) is 3. The van der Waals surface area contributed by atoms with Gasteiger partial charge in [0.15, 0.2) is 5.69 Å². The quantitative estimate of drug-likeness (QED) is 0.447. The molecule has 0 spiro atoms. The predicted molar refractivity (Wildman–Crippen MR) is 148 cm³/mol. The van der Waals surface area contributed by atoms with Gasteiger partial charge in [-0.25, -0.2) is 0 Å². The van der Waals surface area contributed by atoms with E-state index < -0.39 is 0 Å². The van der Waals surface area contributed by atoms with Crippen molar-refractivity contribution in [2.75, 3.05) is 26.7 Å². The van der Waals surface area contributed by atoms with Gasteiger partial charge in [0.2, 0.25) is 5.91 Å². The van der Waals surface area contributed by atoms with Gasteiger partial charge in [-0.2, -0.15) is 5.10 Å². The van der Waals surface area contributed by atoms with Crippen molar-refractivity contribution in [3.05, 3.63) is 36.0 Å². The van der Waals surface area contributed by atoms with Crippen LogP contribution in [0.4, 0.5) is 0 Å². The maximum atomic E-state index is 13.6. The second-order valence-electron chi connectivity index (χ2n) is 11.3. The van der Waals surface area contributed by atoms with Gasteiger partial charge in [0.05, 0.1) is 18.8 Å². The van der Waals surface area contributed by atoms with Gasteiger partial charge in [0.1, 0.15) is 5.75 Å². The molecular weight excluding hydrogens is 478 g/mol. The summed E-state index contributed by atoms with van der Waals surface area (Å²) in [7, 11) is 1.67. The Morgan fingerprint density at radius 3 is 2.50 bits per heavy atom. The SMILES string of the molecule is COc1ccccc1-c1cc(C(=O)N[C@@H](CCN2CCCCC2)CC(=O)NC2CCC2)nn1C1CCCC1. The van der Waals surface area contributed by atoms with Crippen LogP contribution < -0.4 is 15.4 Å². The lowest BCUT2D eigenvalue weighted by Crippen LogP contribution is -2.45. The minimum Gasteiger partial charge on any atom is -0.496 e. The van der Waals surface area contributed by atoms with E-state index >= 15 is 0 Å². The molecule has 0 bridgehead atoms. The Morgan fingerprint density at radius 1 is 1.03 bits per heavy atom.